The topological polar surface area (TPSA) is 65.8 Å². The van der Waals surface area contributed by atoms with Gasteiger partial charge < -0.3 is 14.4 Å². The van der Waals surface area contributed by atoms with Crippen molar-refractivity contribution in [1.82, 2.24) is 9.80 Å². The van der Waals surface area contributed by atoms with Crippen LogP contribution >= 0.6 is 0 Å². The minimum atomic E-state index is -0.613. The lowest BCUT2D eigenvalue weighted by Gasteiger charge is -2.36. The summed E-state index contributed by atoms with van der Waals surface area (Å²) in [6.07, 6.45) is -0.613. The fraction of sp³-hybridized carbons (Fsp3) is 0.364. The van der Waals surface area contributed by atoms with Gasteiger partial charge in [0.1, 0.15) is 17.3 Å². The molecule has 1 amide bonds. The predicted octanol–water partition coefficient (Wildman–Crippen LogP) is 2.82. The molecule has 3 rings (SSSR count). The van der Waals surface area contributed by atoms with Crippen molar-refractivity contribution in [2.24, 2.45) is 0 Å². The van der Waals surface area contributed by atoms with Crippen LogP contribution in [0, 0.1) is 17.1 Å². The fourth-order valence-corrected chi connectivity index (χ4v) is 3.36. The monoisotopic (exact) mass is 397 g/mol. The Morgan fingerprint density at radius 2 is 1.86 bits per heavy atom. The number of nitrogens with zero attached hydrogens (tertiary/aromatic N) is 3. The Kier molecular flexibility index (Phi) is 6.68. The maximum absolute atomic E-state index is 13.6. The minimum absolute atomic E-state index is 0.0719. The molecule has 0 aliphatic carbocycles. The molecule has 0 bridgehead atoms. The van der Waals surface area contributed by atoms with Gasteiger partial charge in [-0.3, -0.25) is 9.69 Å². The molecule has 0 unspecified atom stereocenters. The summed E-state index contributed by atoms with van der Waals surface area (Å²) in [6, 6.07) is 13.2. The predicted molar refractivity (Wildman–Crippen MR) is 106 cm³/mol. The average Bonchev–Trinajstić information content (AvgIpc) is 2.74. The number of halogens is 1. The van der Waals surface area contributed by atoms with Gasteiger partial charge in [-0.15, -0.1) is 0 Å². The second kappa shape index (κ2) is 9.39. The summed E-state index contributed by atoms with van der Waals surface area (Å²) < 4.78 is 24.6. The highest BCUT2D eigenvalue weighted by Crippen LogP contribution is 2.22. The van der Waals surface area contributed by atoms with Crippen LogP contribution in [0.1, 0.15) is 18.1 Å². The van der Waals surface area contributed by atoms with Crippen LogP contribution in [0.15, 0.2) is 42.5 Å². The second-order valence-corrected chi connectivity index (χ2v) is 6.95. The molecular weight excluding hydrogens is 373 g/mol. The first kappa shape index (κ1) is 20.6. The molecule has 2 aromatic carbocycles. The number of ether oxygens (including phenoxy) is 2. The van der Waals surface area contributed by atoms with Crippen molar-refractivity contribution in [3.63, 3.8) is 0 Å². The molecule has 1 fully saturated rings. The molecule has 1 aliphatic heterocycles. The summed E-state index contributed by atoms with van der Waals surface area (Å²) in [5, 5.41) is 8.84. The highest BCUT2D eigenvalue weighted by molar-refractivity contribution is 5.81. The lowest BCUT2D eigenvalue weighted by Crippen LogP contribution is -2.51. The molecule has 1 saturated heterocycles. The highest BCUT2D eigenvalue weighted by Gasteiger charge is 2.26. The molecule has 0 saturated carbocycles. The number of hydrogen-bond donors (Lipinski definition) is 0. The third kappa shape index (κ3) is 5.24. The molecule has 6 nitrogen and oxygen atoms in total. The van der Waals surface area contributed by atoms with Gasteiger partial charge in [-0.05, 0) is 49.4 Å². The summed E-state index contributed by atoms with van der Waals surface area (Å²) in [5.74, 6) is 0.858. The van der Waals surface area contributed by atoms with E-state index in [0.29, 0.717) is 49.8 Å². The quantitative estimate of drug-likeness (QED) is 0.750. The molecule has 7 heteroatoms. The van der Waals surface area contributed by atoms with E-state index in [1.54, 1.807) is 49.3 Å². The first-order chi connectivity index (χ1) is 14.0. The lowest BCUT2D eigenvalue weighted by atomic mass is 10.1. The van der Waals surface area contributed by atoms with E-state index in [4.69, 9.17) is 14.7 Å². The Balaban J connectivity index is 1.52. The van der Waals surface area contributed by atoms with E-state index in [0.717, 1.165) is 5.56 Å². The number of piperazine rings is 1. The van der Waals surface area contributed by atoms with Crippen LogP contribution in [0.2, 0.25) is 0 Å². The molecule has 152 valence electrons. The first-order valence-electron chi connectivity index (χ1n) is 9.50. The molecule has 0 spiro atoms. The summed E-state index contributed by atoms with van der Waals surface area (Å²) in [5.41, 5.74) is 1.34. The van der Waals surface area contributed by atoms with Crippen LogP contribution in [-0.2, 0) is 11.3 Å². The van der Waals surface area contributed by atoms with Gasteiger partial charge >= 0.3 is 0 Å². The van der Waals surface area contributed by atoms with Crippen molar-refractivity contribution < 1.29 is 18.7 Å². The Morgan fingerprint density at radius 1 is 1.17 bits per heavy atom. The third-order valence-electron chi connectivity index (χ3n) is 4.96. The zero-order chi connectivity index (χ0) is 20.8. The van der Waals surface area contributed by atoms with Crippen LogP contribution in [-0.4, -0.2) is 55.1 Å². The van der Waals surface area contributed by atoms with Crippen LogP contribution < -0.4 is 9.47 Å². The molecule has 1 atom stereocenters. The van der Waals surface area contributed by atoms with E-state index in [1.165, 1.54) is 12.1 Å². The summed E-state index contributed by atoms with van der Waals surface area (Å²) in [7, 11) is 1.57. The van der Waals surface area contributed by atoms with E-state index in [-0.39, 0.29) is 11.7 Å². The average molecular weight is 397 g/mol. The molecule has 0 aromatic heterocycles. The van der Waals surface area contributed by atoms with E-state index in [1.807, 2.05) is 6.07 Å². The maximum atomic E-state index is 13.6. The second-order valence-electron chi connectivity index (χ2n) is 6.95. The maximum Gasteiger partial charge on any atom is 0.263 e. The number of rotatable bonds is 6. The fourth-order valence-electron chi connectivity index (χ4n) is 3.36. The van der Waals surface area contributed by atoms with Gasteiger partial charge in [-0.2, -0.15) is 5.26 Å². The number of amides is 1. The molecule has 1 heterocycles. The van der Waals surface area contributed by atoms with E-state index in [2.05, 4.69) is 4.90 Å². The number of nitriles is 1. The van der Waals surface area contributed by atoms with Gasteiger partial charge in [0.15, 0.2) is 6.10 Å². The van der Waals surface area contributed by atoms with Gasteiger partial charge in [0.25, 0.3) is 5.91 Å². The molecule has 2 aromatic rings. The van der Waals surface area contributed by atoms with Crippen LogP contribution in [0.3, 0.4) is 0 Å². The normalized spacial score (nSPS) is 15.4. The summed E-state index contributed by atoms with van der Waals surface area (Å²) in [4.78, 5) is 16.7. The van der Waals surface area contributed by atoms with Crippen LogP contribution in [0.4, 0.5) is 4.39 Å². The van der Waals surface area contributed by atoms with Crippen LogP contribution in [0.5, 0.6) is 11.5 Å². The Labute approximate surface area is 170 Å². The van der Waals surface area contributed by atoms with E-state index in [9.17, 15) is 9.18 Å². The van der Waals surface area contributed by atoms with Crippen molar-refractivity contribution in [2.45, 2.75) is 19.6 Å². The third-order valence-corrected chi connectivity index (χ3v) is 4.96. The largest absolute Gasteiger partial charge is 0.496 e. The first-order valence-corrected chi connectivity index (χ1v) is 9.50. The molecule has 0 radical (unpaired) electrons. The van der Waals surface area contributed by atoms with E-state index < -0.39 is 6.10 Å². The van der Waals surface area contributed by atoms with Gasteiger partial charge in [0.2, 0.25) is 0 Å². The highest BCUT2D eigenvalue weighted by atomic mass is 19.1. The molecule has 0 N–H and O–H groups in total. The SMILES string of the molecule is COc1ccc(F)cc1CN1CCN(C(=O)[C@H](C)Oc2ccc(C#N)cc2)CC1. The van der Waals surface area contributed by atoms with E-state index >= 15 is 0 Å². The summed E-state index contributed by atoms with van der Waals surface area (Å²) in [6.45, 7) is 4.84. The van der Waals surface area contributed by atoms with Gasteiger partial charge in [-0.25, -0.2) is 4.39 Å². The van der Waals surface area contributed by atoms with Crippen molar-refractivity contribution in [3.05, 3.63) is 59.4 Å². The Morgan fingerprint density at radius 3 is 2.48 bits per heavy atom. The number of carbonyl (C=O) groups excluding carboxylic acids is 1. The van der Waals surface area contributed by atoms with Crippen molar-refractivity contribution >= 4 is 5.91 Å². The molecular formula is C22H24FN3O3. The number of hydrogen-bond acceptors (Lipinski definition) is 5. The van der Waals surface area contributed by atoms with Gasteiger partial charge in [-0.1, -0.05) is 0 Å². The number of carbonyl (C=O) groups is 1. The van der Waals surface area contributed by atoms with Gasteiger partial charge in [0.05, 0.1) is 18.7 Å². The standard InChI is InChI=1S/C22H24FN3O3/c1-16(29-20-6-3-17(14-24)4-7-20)22(27)26-11-9-25(10-12-26)15-18-13-19(23)5-8-21(18)28-2/h3-8,13,16H,9-12,15H2,1-2H3/t16-/m0/s1. The number of methoxy groups -OCH3 is 1. The molecule has 1 aliphatic rings. The smallest absolute Gasteiger partial charge is 0.263 e. The Hall–Kier alpha value is -3.11. The van der Waals surface area contributed by atoms with Crippen molar-refractivity contribution in [1.29, 1.82) is 5.26 Å². The minimum Gasteiger partial charge on any atom is -0.496 e. The zero-order valence-electron chi connectivity index (χ0n) is 16.6. The summed E-state index contributed by atoms with van der Waals surface area (Å²) >= 11 is 0. The molecule has 29 heavy (non-hydrogen) atoms. The zero-order valence-corrected chi connectivity index (χ0v) is 16.6. The lowest BCUT2D eigenvalue weighted by molar-refractivity contribution is -0.139. The van der Waals surface area contributed by atoms with Crippen molar-refractivity contribution in [2.75, 3.05) is 33.3 Å². The van der Waals surface area contributed by atoms with Gasteiger partial charge in [0, 0.05) is 38.3 Å². The van der Waals surface area contributed by atoms with Crippen molar-refractivity contribution in [3.8, 4) is 17.6 Å². The Bertz CT molecular complexity index is 887. The van der Waals surface area contributed by atoms with Crippen LogP contribution in [0.25, 0.3) is 0 Å². The number of benzene rings is 2.